The number of pyridine rings is 1. The standard InChI is InChI=1S/C23H32N4O2/c1-17-8-11-25-15-19(17)16-27(20-4-6-22(29-3)7-5-20)21-9-12-26(13-10-21)18(2)14-23(24)28/h4-8,11,15,18,21H,9-10,12-14,16H2,1-3H3,(H2,24,28). The molecule has 1 aliphatic heterocycles. The number of carbonyl (C=O) groups excluding carboxylic acids is 1. The minimum absolute atomic E-state index is 0.198. The van der Waals surface area contributed by atoms with E-state index in [4.69, 9.17) is 10.5 Å². The molecule has 1 amide bonds. The molecule has 156 valence electrons. The molecule has 1 aromatic carbocycles. The van der Waals surface area contributed by atoms with Crippen LogP contribution in [0, 0.1) is 6.92 Å². The second-order valence-electron chi connectivity index (χ2n) is 7.91. The highest BCUT2D eigenvalue weighted by Gasteiger charge is 2.28. The van der Waals surface area contributed by atoms with Gasteiger partial charge in [-0.2, -0.15) is 0 Å². The molecule has 29 heavy (non-hydrogen) atoms. The first kappa shape index (κ1) is 21.1. The first-order valence-electron chi connectivity index (χ1n) is 10.3. The highest BCUT2D eigenvalue weighted by Crippen LogP contribution is 2.28. The van der Waals surface area contributed by atoms with Crippen molar-refractivity contribution in [3.05, 3.63) is 53.9 Å². The van der Waals surface area contributed by atoms with Gasteiger partial charge in [0.25, 0.3) is 0 Å². The third-order valence-electron chi connectivity index (χ3n) is 5.95. The minimum Gasteiger partial charge on any atom is -0.497 e. The molecule has 1 saturated heterocycles. The molecular formula is C23H32N4O2. The Morgan fingerprint density at radius 3 is 2.55 bits per heavy atom. The summed E-state index contributed by atoms with van der Waals surface area (Å²) in [6.07, 6.45) is 6.33. The summed E-state index contributed by atoms with van der Waals surface area (Å²) in [7, 11) is 1.69. The van der Waals surface area contributed by atoms with Crippen LogP contribution in [0.1, 0.15) is 37.3 Å². The zero-order chi connectivity index (χ0) is 20.8. The third kappa shape index (κ3) is 5.48. The molecule has 1 unspecified atom stereocenters. The molecule has 0 radical (unpaired) electrons. The van der Waals surface area contributed by atoms with Crippen LogP contribution >= 0.6 is 0 Å². The number of methoxy groups -OCH3 is 1. The number of hydrogen-bond acceptors (Lipinski definition) is 5. The summed E-state index contributed by atoms with van der Waals surface area (Å²) in [6, 6.07) is 11.0. The number of aromatic nitrogens is 1. The number of rotatable bonds is 8. The van der Waals surface area contributed by atoms with Gasteiger partial charge in [0.1, 0.15) is 5.75 Å². The van der Waals surface area contributed by atoms with E-state index >= 15 is 0 Å². The quantitative estimate of drug-likeness (QED) is 0.742. The maximum Gasteiger partial charge on any atom is 0.218 e. The van der Waals surface area contributed by atoms with Gasteiger partial charge < -0.3 is 15.4 Å². The van der Waals surface area contributed by atoms with E-state index in [0.717, 1.165) is 38.2 Å². The molecule has 1 atom stereocenters. The number of carbonyl (C=O) groups is 1. The van der Waals surface area contributed by atoms with E-state index in [-0.39, 0.29) is 11.9 Å². The number of nitrogens with two attached hydrogens (primary N) is 1. The summed E-state index contributed by atoms with van der Waals surface area (Å²) in [5.41, 5.74) is 9.08. The Morgan fingerprint density at radius 1 is 1.28 bits per heavy atom. The van der Waals surface area contributed by atoms with Crippen molar-refractivity contribution in [1.29, 1.82) is 0 Å². The topological polar surface area (TPSA) is 71.7 Å². The summed E-state index contributed by atoms with van der Waals surface area (Å²) in [5, 5.41) is 0. The molecule has 3 rings (SSSR count). The summed E-state index contributed by atoms with van der Waals surface area (Å²) in [4.78, 5) is 20.5. The molecule has 0 bridgehead atoms. The molecule has 2 heterocycles. The number of amides is 1. The van der Waals surface area contributed by atoms with E-state index in [1.165, 1.54) is 16.8 Å². The van der Waals surface area contributed by atoms with Crippen LogP contribution in [0.2, 0.25) is 0 Å². The number of primary amides is 1. The normalized spacial score (nSPS) is 16.4. The van der Waals surface area contributed by atoms with Gasteiger partial charge >= 0.3 is 0 Å². The van der Waals surface area contributed by atoms with E-state index in [2.05, 4.69) is 46.8 Å². The van der Waals surface area contributed by atoms with Crippen molar-refractivity contribution in [3.8, 4) is 5.75 Å². The fourth-order valence-corrected chi connectivity index (χ4v) is 4.11. The van der Waals surface area contributed by atoms with Crippen molar-refractivity contribution >= 4 is 11.6 Å². The van der Waals surface area contributed by atoms with E-state index < -0.39 is 0 Å². The molecule has 1 fully saturated rings. The Bertz CT molecular complexity index is 801. The van der Waals surface area contributed by atoms with Crippen molar-refractivity contribution in [1.82, 2.24) is 9.88 Å². The molecule has 6 nitrogen and oxygen atoms in total. The van der Waals surface area contributed by atoms with Crippen LogP contribution < -0.4 is 15.4 Å². The van der Waals surface area contributed by atoms with Crippen LogP contribution in [0.5, 0.6) is 5.75 Å². The fourth-order valence-electron chi connectivity index (χ4n) is 4.11. The molecule has 1 aromatic heterocycles. The Kier molecular flexibility index (Phi) is 7.09. The second kappa shape index (κ2) is 9.74. The molecule has 0 aliphatic carbocycles. The Hall–Kier alpha value is -2.60. The maximum absolute atomic E-state index is 11.3. The smallest absolute Gasteiger partial charge is 0.218 e. The van der Waals surface area contributed by atoms with Gasteiger partial charge in [-0.1, -0.05) is 0 Å². The first-order valence-corrected chi connectivity index (χ1v) is 10.3. The molecule has 2 aromatic rings. The van der Waals surface area contributed by atoms with Gasteiger partial charge in [-0.25, -0.2) is 0 Å². The minimum atomic E-state index is -0.230. The van der Waals surface area contributed by atoms with Gasteiger partial charge in [0, 0.05) is 56.2 Å². The molecule has 0 spiro atoms. The zero-order valence-electron chi connectivity index (χ0n) is 17.7. The Labute approximate surface area is 173 Å². The van der Waals surface area contributed by atoms with E-state index in [1.54, 1.807) is 7.11 Å². The van der Waals surface area contributed by atoms with Crippen LogP contribution in [0.25, 0.3) is 0 Å². The maximum atomic E-state index is 11.3. The Morgan fingerprint density at radius 2 is 1.97 bits per heavy atom. The molecule has 6 heteroatoms. The molecule has 0 saturated carbocycles. The predicted octanol–water partition coefficient (Wildman–Crippen LogP) is 3.13. The second-order valence-corrected chi connectivity index (χ2v) is 7.91. The lowest BCUT2D eigenvalue weighted by Crippen LogP contribution is -2.48. The third-order valence-corrected chi connectivity index (χ3v) is 5.95. The van der Waals surface area contributed by atoms with Crippen molar-refractivity contribution in [2.24, 2.45) is 5.73 Å². The number of piperidine rings is 1. The fraction of sp³-hybridized carbons (Fsp3) is 0.478. The van der Waals surface area contributed by atoms with E-state index in [1.807, 2.05) is 24.5 Å². The monoisotopic (exact) mass is 396 g/mol. The Balaban J connectivity index is 1.76. The summed E-state index contributed by atoms with van der Waals surface area (Å²) in [5.74, 6) is 0.632. The van der Waals surface area contributed by atoms with Gasteiger partial charge in [-0.05, 0) is 68.1 Å². The number of likely N-dealkylation sites (tertiary alicyclic amines) is 1. The van der Waals surface area contributed by atoms with Crippen LogP contribution in [0.15, 0.2) is 42.7 Å². The first-order chi connectivity index (χ1) is 14.0. The van der Waals surface area contributed by atoms with Gasteiger partial charge in [0.2, 0.25) is 5.91 Å². The lowest BCUT2D eigenvalue weighted by molar-refractivity contribution is -0.119. The van der Waals surface area contributed by atoms with Crippen LogP contribution in [0.3, 0.4) is 0 Å². The van der Waals surface area contributed by atoms with Crippen molar-refractivity contribution in [3.63, 3.8) is 0 Å². The van der Waals surface area contributed by atoms with Crippen LogP contribution in [-0.2, 0) is 11.3 Å². The summed E-state index contributed by atoms with van der Waals surface area (Å²) in [6.45, 7) is 6.99. The van der Waals surface area contributed by atoms with Crippen LogP contribution in [-0.4, -0.2) is 48.1 Å². The van der Waals surface area contributed by atoms with E-state index in [0.29, 0.717) is 12.5 Å². The average molecular weight is 397 g/mol. The number of nitrogens with zero attached hydrogens (tertiary/aromatic N) is 3. The number of hydrogen-bond donors (Lipinski definition) is 1. The summed E-state index contributed by atoms with van der Waals surface area (Å²) < 4.78 is 5.33. The average Bonchev–Trinajstić information content (AvgIpc) is 2.73. The number of ether oxygens (including phenoxy) is 1. The highest BCUT2D eigenvalue weighted by atomic mass is 16.5. The van der Waals surface area contributed by atoms with Gasteiger partial charge in [0.05, 0.1) is 7.11 Å². The molecular weight excluding hydrogens is 364 g/mol. The largest absolute Gasteiger partial charge is 0.497 e. The highest BCUT2D eigenvalue weighted by molar-refractivity contribution is 5.74. The van der Waals surface area contributed by atoms with Crippen molar-refractivity contribution in [2.45, 2.75) is 51.7 Å². The lowest BCUT2D eigenvalue weighted by atomic mass is 9.99. The molecule has 2 N–H and O–H groups in total. The van der Waals surface area contributed by atoms with Crippen molar-refractivity contribution in [2.75, 3.05) is 25.1 Å². The summed E-state index contributed by atoms with van der Waals surface area (Å²) >= 11 is 0. The van der Waals surface area contributed by atoms with E-state index in [9.17, 15) is 4.79 Å². The van der Waals surface area contributed by atoms with Gasteiger partial charge in [-0.3, -0.25) is 14.7 Å². The van der Waals surface area contributed by atoms with Crippen LogP contribution in [0.4, 0.5) is 5.69 Å². The zero-order valence-corrected chi connectivity index (χ0v) is 17.7. The van der Waals surface area contributed by atoms with Crippen molar-refractivity contribution < 1.29 is 9.53 Å². The van der Waals surface area contributed by atoms with Gasteiger partial charge in [-0.15, -0.1) is 0 Å². The lowest BCUT2D eigenvalue weighted by Gasteiger charge is -2.41. The predicted molar refractivity (Wildman–Crippen MR) is 116 cm³/mol. The number of anilines is 1. The molecule has 1 aliphatic rings. The van der Waals surface area contributed by atoms with Gasteiger partial charge in [0.15, 0.2) is 0 Å². The number of aryl methyl sites for hydroxylation is 1. The SMILES string of the molecule is COc1ccc(N(Cc2cnccc2C)C2CCN(C(C)CC(N)=O)CC2)cc1. The number of benzene rings is 1.